The lowest BCUT2D eigenvalue weighted by molar-refractivity contribution is -0.137. The van der Waals surface area contributed by atoms with Crippen LogP contribution in [0, 0.1) is 0 Å². The molecule has 0 bridgehead atoms. The molecular weight excluding hydrogens is 480 g/mol. The van der Waals surface area contributed by atoms with E-state index in [2.05, 4.69) is 10.6 Å². The van der Waals surface area contributed by atoms with Crippen molar-refractivity contribution in [1.82, 2.24) is 10.6 Å². The van der Waals surface area contributed by atoms with Gasteiger partial charge in [-0.3, -0.25) is 14.4 Å². The van der Waals surface area contributed by atoms with Gasteiger partial charge < -0.3 is 20.5 Å². The molecule has 4 aromatic carbocycles. The van der Waals surface area contributed by atoms with Gasteiger partial charge in [-0.15, -0.1) is 0 Å². The van der Waals surface area contributed by atoms with Crippen molar-refractivity contribution >= 4 is 17.8 Å². The fraction of sp³-hybridized carbons (Fsp3) is 0.129. The van der Waals surface area contributed by atoms with E-state index in [1.165, 1.54) is 0 Å². The van der Waals surface area contributed by atoms with Crippen molar-refractivity contribution in [2.75, 3.05) is 0 Å². The van der Waals surface area contributed by atoms with Gasteiger partial charge >= 0.3 is 5.97 Å². The lowest BCUT2D eigenvalue weighted by Crippen LogP contribution is -2.46. The van der Waals surface area contributed by atoms with Gasteiger partial charge in [0.1, 0.15) is 17.5 Å². The summed E-state index contributed by atoms with van der Waals surface area (Å²) in [6.45, 7) is 0.218. The van der Waals surface area contributed by atoms with Crippen LogP contribution in [0.25, 0.3) is 11.1 Å². The molecule has 0 unspecified atom stereocenters. The van der Waals surface area contributed by atoms with Gasteiger partial charge in [0, 0.05) is 18.5 Å². The summed E-state index contributed by atoms with van der Waals surface area (Å²) in [5.41, 5.74) is 3.20. The molecule has 0 aliphatic heterocycles. The van der Waals surface area contributed by atoms with Gasteiger partial charge in [-0.1, -0.05) is 72.8 Å². The molecule has 0 aliphatic rings. The predicted octanol–water partition coefficient (Wildman–Crippen LogP) is 5.43. The molecule has 192 valence electrons. The maximum absolute atomic E-state index is 12.9. The van der Waals surface area contributed by atoms with E-state index >= 15 is 0 Å². The molecule has 7 nitrogen and oxygen atoms in total. The summed E-state index contributed by atoms with van der Waals surface area (Å²) in [5.74, 6) is -0.558. The van der Waals surface area contributed by atoms with Crippen LogP contribution < -0.4 is 15.4 Å². The number of aliphatic carboxylic acids is 1. The SMILES string of the molecule is O=C(O)CC[C@H](NC(=O)c1ccc(-c2ccccc2)cc1)C(=O)NCc1ccc(Oc2ccccc2)cc1. The van der Waals surface area contributed by atoms with Gasteiger partial charge in [-0.2, -0.15) is 0 Å². The van der Waals surface area contributed by atoms with E-state index in [0.29, 0.717) is 11.3 Å². The lowest BCUT2D eigenvalue weighted by Gasteiger charge is -2.18. The smallest absolute Gasteiger partial charge is 0.303 e. The van der Waals surface area contributed by atoms with E-state index < -0.39 is 23.8 Å². The first kappa shape index (κ1) is 26.2. The van der Waals surface area contributed by atoms with E-state index in [-0.39, 0.29) is 19.4 Å². The van der Waals surface area contributed by atoms with Crippen LogP contribution in [0.1, 0.15) is 28.8 Å². The van der Waals surface area contributed by atoms with Crippen LogP contribution in [0.4, 0.5) is 0 Å². The minimum absolute atomic E-state index is 0.0289. The highest BCUT2D eigenvalue weighted by molar-refractivity contribution is 5.98. The molecule has 0 fully saturated rings. The number of carboxylic acids is 1. The summed E-state index contributed by atoms with van der Waals surface area (Å²) in [5, 5.41) is 14.6. The molecule has 0 aromatic heterocycles. The minimum Gasteiger partial charge on any atom is -0.481 e. The standard InChI is InChI=1S/C31H28N2O5/c34-29(35)20-19-28(33-30(36)25-15-13-24(14-16-25)23-7-3-1-4-8-23)31(37)32-21-22-11-17-27(18-12-22)38-26-9-5-2-6-10-26/h1-18,28H,19-21H2,(H,32,37)(H,33,36)(H,34,35)/t28-/m0/s1. The molecule has 0 saturated heterocycles. The summed E-state index contributed by atoms with van der Waals surface area (Å²) in [7, 11) is 0. The summed E-state index contributed by atoms with van der Waals surface area (Å²) in [6.07, 6.45) is -0.282. The Morgan fingerprint density at radius 1 is 0.711 bits per heavy atom. The number of hydrogen-bond acceptors (Lipinski definition) is 4. The van der Waals surface area contributed by atoms with Crippen molar-refractivity contribution in [3.05, 3.63) is 120 Å². The molecule has 0 radical (unpaired) electrons. The highest BCUT2D eigenvalue weighted by Crippen LogP contribution is 2.21. The number of hydrogen-bond donors (Lipinski definition) is 3. The number of amides is 2. The van der Waals surface area contributed by atoms with E-state index in [1.54, 1.807) is 24.3 Å². The summed E-state index contributed by atoms with van der Waals surface area (Å²) >= 11 is 0. The lowest BCUT2D eigenvalue weighted by atomic mass is 10.0. The molecule has 0 spiro atoms. The first-order valence-electron chi connectivity index (χ1n) is 12.3. The van der Waals surface area contributed by atoms with Crippen molar-refractivity contribution in [3.63, 3.8) is 0 Å². The highest BCUT2D eigenvalue weighted by Gasteiger charge is 2.22. The Bertz CT molecular complexity index is 1360. The molecule has 38 heavy (non-hydrogen) atoms. The Kier molecular flexibility index (Phi) is 8.86. The number of rotatable bonds is 11. The van der Waals surface area contributed by atoms with Crippen molar-refractivity contribution in [2.24, 2.45) is 0 Å². The van der Waals surface area contributed by atoms with Gasteiger partial charge in [0.25, 0.3) is 5.91 Å². The largest absolute Gasteiger partial charge is 0.481 e. The van der Waals surface area contributed by atoms with Crippen molar-refractivity contribution in [1.29, 1.82) is 0 Å². The number of nitrogens with one attached hydrogen (secondary N) is 2. The molecule has 0 aliphatic carbocycles. The van der Waals surface area contributed by atoms with Crippen LogP contribution in [-0.2, 0) is 16.1 Å². The number of carbonyl (C=O) groups excluding carboxylic acids is 2. The van der Waals surface area contributed by atoms with E-state index in [1.807, 2.05) is 84.9 Å². The van der Waals surface area contributed by atoms with Gasteiger partial charge in [0.05, 0.1) is 0 Å². The summed E-state index contributed by atoms with van der Waals surface area (Å²) in [6, 6.07) is 32.5. The molecule has 3 N–H and O–H groups in total. The van der Waals surface area contributed by atoms with E-state index in [4.69, 9.17) is 9.84 Å². The number of carboxylic acid groups (broad SMARTS) is 1. The molecule has 4 rings (SSSR count). The van der Waals surface area contributed by atoms with Gasteiger partial charge in [-0.25, -0.2) is 0 Å². The second-order valence-electron chi connectivity index (χ2n) is 8.68. The maximum atomic E-state index is 12.9. The fourth-order valence-electron chi connectivity index (χ4n) is 3.84. The monoisotopic (exact) mass is 508 g/mol. The third kappa shape index (κ3) is 7.54. The number of carbonyl (C=O) groups is 3. The molecule has 1 atom stereocenters. The quantitative estimate of drug-likeness (QED) is 0.251. The average molecular weight is 509 g/mol. The fourth-order valence-corrected chi connectivity index (χ4v) is 3.84. The molecule has 2 amide bonds. The predicted molar refractivity (Wildman–Crippen MR) is 145 cm³/mol. The van der Waals surface area contributed by atoms with Crippen LogP contribution >= 0.6 is 0 Å². The zero-order valence-electron chi connectivity index (χ0n) is 20.7. The molecule has 0 saturated carbocycles. The van der Waals surface area contributed by atoms with Crippen LogP contribution in [0.3, 0.4) is 0 Å². The highest BCUT2D eigenvalue weighted by atomic mass is 16.5. The number of ether oxygens (including phenoxy) is 1. The molecule has 4 aromatic rings. The van der Waals surface area contributed by atoms with Crippen LogP contribution in [0.2, 0.25) is 0 Å². The second-order valence-corrected chi connectivity index (χ2v) is 8.68. The van der Waals surface area contributed by atoms with Crippen LogP contribution in [0.5, 0.6) is 11.5 Å². The van der Waals surface area contributed by atoms with Gasteiger partial charge in [-0.05, 0) is 59.5 Å². The van der Waals surface area contributed by atoms with Gasteiger partial charge in [0.15, 0.2) is 0 Å². The van der Waals surface area contributed by atoms with Crippen molar-refractivity contribution in [2.45, 2.75) is 25.4 Å². The van der Waals surface area contributed by atoms with Crippen LogP contribution in [0.15, 0.2) is 109 Å². The summed E-state index contributed by atoms with van der Waals surface area (Å²) in [4.78, 5) is 36.9. The number of benzene rings is 4. The molecular formula is C31H28N2O5. The van der Waals surface area contributed by atoms with Crippen molar-refractivity contribution in [3.8, 4) is 22.6 Å². The maximum Gasteiger partial charge on any atom is 0.303 e. The normalized spacial score (nSPS) is 11.3. The molecule has 7 heteroatoms. The third-order valence-electron chi connectivity index (χ3n) is 5.89. The first-order chi connectivity index (χ1) is 18.5. The Morgan fingerprint density at radius 2 is 1.29 bits per heavy atom. The third-order valence-corrected chi connectivity index (χ3v) is 5.89. The van der Waals surface area contributed by atoms with Crippen molar-refractivity contribution < 1.29 is 24.2 Å². The minimum atomic E-state index is -1.04. The van der Waals surface area contributed by atoms with E-state index in [0.717, 1.165) is 22.4 Å². The summed E-state index contributed by atoms with van der Waals surface area (Å²) < 4.78 is 5.78. The van der Waals surface area contributed by atoms with Crippen LogP contribution in [-0.4, -0.2) is 28.9 Å². The Morgan fingerprint density at radius 3 is 1.92 bits per heavy atom. The number of para-hydroxylation sites is 1. The second kappa shape index (κ2) is 12.9. The Balaban J connectivity index is 1.35. The van der Waals surface area contributed by atoms with Gasteiger partial charge in [0.2, 0.25) is 5.91 Å². The Labute approximate surface area is 221 Å². The average Bonchev–Trinajstić information content (AvgIpc) is 2.95. The topological polar surface area (TPSA) is 105 Å². The zero-order valence-corrected chi connectivity index (χ0v) is 20.7. The first-order valence-corrected chi connectivity index (χ1v) is 12.3. The Hall–Kier alpha value is -4.91. The molecule has 0 heterocycles. The van der Waals surface area contributed by atoms with E-state index in [9.17, 15) is 14.4 Å². The zero-order chi connectivity index (χ0) is 26.7.